The Kier molecular flexibility index (Phi) is 3.25. The van der Waals surface area contributed by atoms with E-state index in [1.165, 1.54) is 12.3 Å². The molecule has 0 spiro atoms. The quantitative estimate of drug-likeness (QED) is 0.627. The zero-order chi connectivity index (χ0) is 15.0. The largest absolute Gasteiger partial charge is 0.435 e. The highest BCUT2D eigenvalue weighted by Crippen LogP contribution is 2.36. The fourth-order valence-electron chi connectivity index (χ4n) is 1.95. The van der Waals surface area contributed by atoms with Gasteiger partial charge in [0.2, 0.25) is 0 Å². The van der Waals surface area contributed by atoms with E-state index in [-0.39, 0.29) is 21.9 Å². The number of nitrogens with zero attached hydrogens (tertiary/aromatic N) is 3. The van der Waals surface area contributed by atoms with Gasteiger partial charge in [-0.25, -0.2) is 15.0 Å². The minimum absolute atomic E-state index is 0.0637. The van der Waals surface area contributed by atoms with E-state index in [1.54, 1.807) is 30.3 Å². The van der Waals surface area contributed by atoms with E-state index in [9.17, 15) is 13.2 Å². The van der Waals surface area contributed by atoms with Gasteiger partial charge in [0.1, 0.15) is 11.2 Å². The molecule has 0 aliphatic carbocycles. The van der Waals surface area contributed by atoms with Gasteiger partial charge in [-0.2, -0.15) is 13.2 Å². The van der Waals surface area contributed by atoms with E-state index in [2.05, 4.69) is 15.0 Å². The maximum Gasteiger partial charge on any atom is 0.435 e. The predicted molar refractivity (Wildman–Crippen MR) is 72.8 cm³/mol. The monoisotopic (exact) mass is 309 g/mol. The zero-order valence-electron chi connectivity index (χ0n) is 10.4. The smallest absolute Gasteiger partial charge is 0.244 e. The zero-order valence-corrected chi connectivity index (χ0v) is 11.2. The summed E-state index contributed by atoms with van der Waals surface area (Å²) in [7, 11) is 0. The molecule has 21 heavy (non-hydrogen) atoms. The van der Waals surface area contributed by atoms with Crippen molar-refractivity contribution < 1.29 is 13.2 Å². The Labute approximate surface area is 122 Å². The molecule has 0 saturated heterocycles. The van der Waals surface area contributed by atoms with Gasteiger partial charge in [0.25, 0.3) is 0 Å². The third-order valence-corrected chi connectivity index (χ3v) is 3.13. The number of aromatic nitrogens is 3. The van der Waals surface area contributed by atoms with Crippen LogP contribution in [0.5, 0.6) is 0 Å². The van der Waals surface area contributed by atoms with Gasteiger partial charge in [-0.05, 0) is 6.07 Å². The van der Waals surface area contributed by atoms with E-state index in [1.807, 2.05) is 0 Å². The van der Waals surface area contributed by atoms with Crippen molar-refractivity contribution in [1.29, 1.82) is 0 Å². The van der Waals surface area contributed by atoms with Gasteiger partial charge in [-0.15, -0.1) is 0 Å². The lowest BCUT2D eigenvalue weighted by atomic mass is 10.1. The summed E-state index contributed by atoms with van der Waals surface area (Å²) in [5.41, 5.74) is -0.755. The van der Waals surface area contributed by atoms with Crippen LogP contribution < -0.4 is 0 Å². The van der Waals surface area contributed by atoms with Crippen LogP contribution in [0.15, 0.2) is 42.6 Å². The second-order valence-corrected chi connectivity index (χ2v) is 4.61. The summed E-state index contributed by atoms with van der Waals surface area (Å²) in [4.78, 5) is 11.4. The fraction of sp³-hybridized carbons (Fsp3) is 0.0714. The molecule has 0 saturated carbocycles. The van der Waals surface area contributed by atoms with Crippen LogP contribution in [0.25, 0.3) is 22.3 Å². The first kappa shape index (κ1) is 13.8. The van der Waals surface area contributed by atoms with Gasteiger partial charge in [-0.3, -0.25) is 0 Å². The summed E-state index contributed by atoms with van der Waals surface area (Å²) in [6.07, 6.45) is -3.26. The molecule has 2 heterocycles. The van der Waals surface area contributed by atoms with Crippen LogP contribution in [0.3, 0.4) is 0 Å². The third kappa shape index (κ3) is 2.54. The summed E-state index contributed by atoms with van der Waals surface area (Å²) in [6, 6.07) is 9.57. The van der Waals surface area contributed by atoms with Crippen LogP contribution in [-0.2, 0) is 6.18 Å². The van der Waals surface area contributed by atoms with Crippen molar-refractivity contribution in [3.8, 4) is 11.3 Å². The Morgan fingerprint density at radius 1 is 0.952 bits per heavy atom. The van der Waals surface area contributed by atoms with E-state index in [4.69, 9.17) is 11.6 Å². The van der Waals surface area contributed by atoms with Gasteiger partial charge >= 0.3 is 6.18 Å². The fourth-order valence-corrected chi connectivity index (χ4v) is 2.14. The lowest BCUT2D eigenvalue weighted by Gasteiger charge is -2.12. The molecule has 0 radical (unpaired) electrons. The van der Waals surface area contributed by atoms with E-state index >= 15 is 0 Å². The van der Waals surface area contributed by atoms with Crippen molar-refractivity contribution in [3.05, 3.63) is 53.4 Å². The highest BCUT2D eigenvalue weighted by atomic mass is 35.5. The molecule has 7 heteroatoms. The molecule has 0 aliphatic heterocycles. The van der Waals surface area contributed by atoms with Crippen molar-refractivity contribution in [2.24, 2.45) is 0 Å². The number of halogens is 4. The Hall–Kier alpha value is -2.21. The predicted octanol–water partition coefficient (Wildman–Crippen LogP) is 4.36. The first-order valence-electron chi connectivity index (χ1n) is 5.91. The maximum atomic E-state index is 13.2. The van der Waals surface area contributed by atoms with Crippen LogP contribution >= 0.6 is 11.6 Å². The average molecular weight is 310 g/mol. The van der Waals surface area contributed by atoms with Crippen molar-refractivity contribution in [3.63, 3.8) is 0 Å². The van der Waals surface area contributed by atoms with Crippen molar-refractivity contribution >= 4 is 22.6 Å². The minimum Gasteiger partial charge on any atom is -0.244 e. The van der Waals surface area contributed by atoms with Crippen molar-refractivity contribution in [2.75, 3.05) is 0 Å². The summed E-state index contributed by atoms with van der Waals surface area (Å²) in [5.74, 6) is 0. The van der Waals surface area contributed by atoms with Crippen LogP contribution in [0, 0.1) is 0 Å². The molecule has 0 unspecified atom stereocenters. The van der Waals surface area contributed by atoms with Crippen LogP contribution in [0.4, 0.5) is 13.2 Å². The molecule has 0 N–H and O–H groups in total. The van der Waals surface area contributed by atoms with E-state index in [0.717, 1.165) is 0 Å². The number of benzene rings is 1. The Bertz CT molecular complexity index is 804. The molecular formula is C14H7ClF3N3. The molecule has 3 aromatic rings. The Balaban J connectivity index is 2.37. The standard InChI is InChI=1S/C14H7ClF3N3/c15-13-11-9(6-7-19-13)20-10(8-4-2-1-3-5-8)12(21-11)14(16,17)18/h1-7H. The van der Waals surface area contributed by atoms with Gasteiger partial charge in [0.05, 0.1) is 5.52 Å². The van der Waals surface area contributed by atoms with Crippen LogP contribution in [0.1, 0.15) is 5.69 Å². The number of pyridine rings is 1. The van der Waals surface area contributed by atoms with Crippen LogP contribution in [-0.4, -0.2) is 15.0 Å². The Morgan fingerprint density at radius 3 is 2.33 bits per heavy atom. The van der Waals surface area contributed by atoms with Gasteiger partial charge in [0, 0.05) is 11.8 Å². The number of rotatable bonds is 1. The average Bonchev–Trinajstić information content (AvgIpc) is 2.46. The topological polar surface area (TPSA) is 38.7 Å². The molecule has 0 fully saturated rings. The SMILES string of the molecule is FC(F)(F)c1nc2c(Cl)nccc2nc1-c1ccccc1. The first-order valence-corrected chi connectivity index (χ1v) is 6.29. The first-order chi connectivity index (χ1) is 9.97. The minimum atomic E-state index is -4.63. The van der Waals surface area contributed by atoms with E-state index < -0.39 is 11.9 Å². The molecule has 0 aliphatic rings. The third-order valence-electron chi connectivity index (χ3n) is 2.85. The highest BCUT2D eigenvalue weighted by molar-refractivity contribution is 6.33. The number of hydrogen-bond donors (Lipinski definition) is 0. The molecular weight excluding hydrogens is 303 g/mol. The van der Waals surface area contributed by atoms with Crippen LogP contribution in [0.2, 0.25) is 5.15 Å². The van der Waals surface area contributed by atoms with E-state index in [0.29, 0.717) is 5.56 Å². The second kappa shape index (κ2) is 4.96. The van der Waals surface area contributed by atoms with Gasteiger partial charge in [0.15, 0.2) is 10.8 Å². The molecule has 3 nitrogen and oxygen atoms in total. The lowest BCUT2D eigenvalue weighted by molar-refractivity contribution is -0.140. The molecule has 0 amide bonds. The molecule has 3 rings (SSSR count). The summed E-state index contributed by atoms with van der Waals surface area (Å²) >= 11 is 5.80. The molecule has 2 aromatic heterocycles. The molecule has 0 atom stereocenters. The maximum absolute atomic E-state index is 13.2. The molecule has 106 valence electrons. The molecule has 1 aromatic carbocycles. The number of fused-ring (bicyclic) bond motifs is 1. The number of alkyl halides is 3. The lowest BCUT2D eigenvalue weighted by Crippen LogP contribution is -2.12. The van der Waals surface area contributed by atoms with Gasteiger partial charge < -0.3 is 0 Å². The summed E-state index contributed by atoms with van der Waals surface area (Å²) in [5, 5.41) is -0.106. The molecule has 0 bridgehead atoms. The normalized spacial score (nSPS) is 11.8. The highest BCUT2D eigenvalue weighted by Gasteiger charge is 2.37. The Morgan fingerprint density at radius 2 is 1.67 bits per heavy atom. The summed E-state index contributed by atoms with van der Waals surface area (Å²) < 4.78 is 39.7. The van der Waals surface area contributed by atoms with Crippen molar-refractivity contribution in [1.82, 2.24) is 15.0 Å². The van der Waals surface area contributed by atoms with Gasteiger partial charge in [-0.1, -0.05) is 41.9 Å². The second-order valence-electron chi connectivity index (χ2n) is 4.25. The van der Waals surface area contributed by atoms with Crippen molar-refractivity contribution in [2.45, 2.75) is 6.18 Å². The summed E-state index contributed by atoms with van der Waals surface area (Å²) in [6.45, 7) is 0. The number of hydrogen-bond acceptors (Lipinski definition) is 3.